The van der Waals surface area contributed by atoms with Crippen LogP contribution in [-0.2, 0) is 76.4 Å². The van der Waals surface area contributed by atoms with Gasteiger partial charge in [-0.25, -0.2) is 24.0 Å². The van der Waals surface area contributed by atoms with Crippen molar-refractivity contribution in [2.45, 2.75) is 93.1 Å². The van der Waals surface area contributed by atoms with Crippen LogP contribution in [0.5, 0.6) is 28.7 Å². The van der Waals surface area contributed by atoms with Crippen molar-refractivity contribution >= 4 is 162 Å². The number of nitrogens with one attached hydrogen (secondary N) is 11. The van der Waals surface area contributed by atoms with Crippen molar-refractivity contribution in [1.82, 2.24) is 83.0 Å². The fourth-order valence-electron chi connectivity index (χ4n) is 17.0. The van der Waals surface area contributed by atoms with E-state index in [4.69, 9.17) is 46.8 Å². The summed E-state index contributed by atoms with van der Waals surface area (Å²) in [6, 6.07) is 39.2. The first-order valence-electron chi connectivity index (χ1n) is 45.1. The number of carbonyl (C=O) groups excluding carboxylic acids is 15. The number of hydrogen-bond donors (Lipinski definition) is 14. The minimum atomic E-state index is -1.55. The zero-order valence-corrected chi connectivity index (χ0v) is 85.3. The molecule has 20 rings (SSSR count). The number of ether oxygens (including phenoxy) is 5. The lowest BCUT2D eigenvalue weighted by Gasteiger charge is -2.26. The van der Waals surface area contributed by atoms with E-state index in [9.17, 15) is 77.0 Å². The van der Waals surface area contributed by atoms with Crippen molar-refractivity contribution in [3.63, 3.8) is 0 Å². The molecule has 6 atom stereocenters. The van der Waals surface area contributed by atoms with Crippen LogP contribution in [0.4, 0.5) is 24.0 Å². The molecule has 5 fully saturated rings. The Hall–Kier alpha value is -16.4. The van der Waals surface area contributed by atoms with Crippen LogP contribution in [0.3, 0.4) is 0 Å². The van der Waals surface area contributed by atoms with Crippen molar-refractivity contribution in [2.75, 3.05) is 75.3 Å². The number of benzene rings is 6. The highest BCUT2D eigenvalue weighted by molar-refractivity contribution is 9.11. The molecule has 16 N–H and O–H groups in total. The number of halogens is 2. The summed E-state index contributed by atoms with van der Waals surface area (Å²) in [4.78, 5) is 198. The largest absolute Gasteiger partial charge is 0.497 e. The van der Waals surface area contributed by atoms with E-state index >= 15 is 0 Å². The minimum absolute atomic E-state index is 0.0547. The number of amides is 20. The zero-order valence-electron chi connectivity index (χ0n) is 79.7. The predicted octanol–water partition coefficient (Wildman–Crippen LogP) is 6.76. The molecular weight excluding hydrogens is 2070 g/mol. The number of urea groups is 5. The van der Waals surface area contributed by atoms with Crippen LogP contribution >= 0.6 is 72.9 Å². The Balaban J connectivity index is 0.000000132. The van der Waals surface area contributed by atoms with Gasteiger partial charge in [0.2, 0.25) is 27.7 Å². The van der Waals surface area contributed by atoms with Gasteiger partial charge in [-0.05, 0) is 166 Å². The number of imide groups is 5. The van der Waals surface area contributed by atoms with E-state index in [0.717, 1.165) is 63.9 Å². The lowest BCUT2D eigenvalue weighted by Crippen LogP contribution is -2.54. The number of carbonyl (C=O) groups is 15. The monoisotopic (exact) mass is 2160 g/mol. The van der Waals surface area contributed by atoms with Gasteiger partial charge in [-0.2, -0.15) is 0 Å². The Morgan fingerprint density at radius 3 is 0.946 bits per heavy atom. The van der Waals surface area contributed by atoms with Gasteiger partial charge in [-0.3, -0.25) is 74.5 Å². The van der Waals surface area contributed by atoms with Gasteiger partial charge in [0, 0.05) is 122 Å². The molecule has 0 bridgehead atoms. The lowest BCUT2D eigenvalue weighted by molar-refractivity contribution is -0.123. The maximum atomic E-state index is 12.9. The molecule has 10 aromatic rings. The summed E-state index contributed by atoms with van der Waals surface area (Å²) in [6.07, 6.45) is 0. The summed E-state index contributed by atoms with van der Waals surface area (Å²) in [6.45, 7) is 4.10. The summed E-state index contributed by atoms with van der Waals surface area (Å²) < 4.78 is 26.6. The Labute approximate surface area is 875 Å². The molecule has 0 radical (unpaired) electrons. The molecule has 0 saturated carbocycles. The molecule has 148 heavy (non-hydrogen) atoms. The molecule has 45 heteroatoms. The second kappa shape index (κ2) is 43.9. The number of thiophene rings is 4. The van der Waals surface area contributed by atoms with Crippen molar-refractivity contribution in [3.05, 3.63) is 267 Å². The maximum Gasteiger partial charge on any atom is 0.323 e. The van der Waals surface area contributed by atoms with Crippen LogP contribution < -0.4 is 93.6 Å². The van der Waals surface area contributed by atoms with Crippen LogP contribution in [0, 0.1) is 59.2 Å². The van der Waals surface area contributed by atoms with Crippen molar-refractivity contribution in [1.29, 1.82) is 0 Å². The fraction of sp³-hybridized carbons (Fsp3) is 0.252. The van der Waals surface area contributed by atoms with Gasteiger partial charge in [-0.1, -0.05) is 113 Å². The maximum absolute atomic E-state index is 12.9. The number of nitrogens with two attached hydrogens (primary N) is 2. The number of aliphatic hydroxyl groups excluding tert-OH is 1. The highest BCUT2D eigenvalue weighted by Crippen LogP contribution is 2.38. The minimum Gasteiger partial charge on any atom is -0.497 e. The molecule has 10 aliphatic heterocycles. The molecule has 4 aromatic heterocycles. The molecule has 39 nitrogen and oxygen atoms in total. The third-order valence-corrected chi connectivity index (χ3v) is 29.9. The third-order valence-electron chi connectivity index (χ3n) is 24.6. The molecule has 6 aromatic carbocycles. The van der Waals surface area contributed by atoms with Crippen LogP contribution in [0.1, 0.15) is 139 Å². The van der Waals surface area contributed by atoms with Gasteiger partial charge in [0.15, 0.2) is 0 Å². The highest BCUT2D eigenvalue weighted by Gasteiger charge is 2.54. The first-order chi connectivity index (χ1) is 70.9. The first-order valence-corrected chi connectivity index (χ1v) is 49.6. The summed E-state index contributed by atoms with van der Waals surface area (Å²) in [5.74, 6) is 27.7. The quantitative estimate of drug-likeness (QED) is 0.0277. The topological polar surface area (TPSA) is 523 Å². The van der Waals surface area contributed by atoms with Gasteiger partial charge >= 0.3 is 30.2 Å². The Morgan fingerprint density at radius 2 is 0.689 bits per heavy atom. The predicted molar refractivity (Wildman–Crippen MR) is 546 cm³/mol. The Morgan fingerprint density at radius 1 is 0.392 bits per heavy atom. The third kappa shape index (κ3) is 22.5. The number of rotatable bonds is 20. The molecule has 14 heterocycles. The van der Waals surface area contributed by atoms with Crippen molar-refractivity contribution < 1.29 is 101 Å². The molecule has 20 amide bonds. The molecule has 0 spiro atoms. The standard InChI is InChI=1S/C23H22N4O4.C21H20N4O4S.C20H18N4O4S.C20H17N3O5S.C19H13BrClN3O4S/c1-14(24)16-5-3-15(4-6-16)9-10-23(21(29)25-22(30)26-23)13-27-12-17-7-8-18(31-2)11-19(17)20(27)28;1-22-9-16-7-13(11-30-16)5-6-21(19(27)23-20(28)24-21)12-25-10-14-3-4-15(29-2)8-17(14)18(25)26;1-28-14-3-2-13-9-24(17(25)16(13)7-14)11-20(18(26)22-19(27)23-20)5-4-12-6-15(8-21)29-10-12;1-28-13-3-2-12-9-23(17(25)16(12)8-13)11-20(18(26)21-19(27)22-20)7-6-14-4-5-15(10-24)29-14;1-28-11-3-2-10-8-24(16(25)13(10)6-11)9-19(17(26)22-18(27)23-19)5-4-12-7-14(21)15(20)29-12/h3-8,11,14H,12-13,24H2,1-2H3,(H2,25,26,29,30);3-4,7-8,11,22H,9-10,12H2,1-2H3,(H2,23,24,27,28);2-3,6-7,10H,8-9,11,21H2,1H3,(H2,22,23,26,27);2-5,8,24H,9-11H2,1H3,(H2,21,22,26,27);2-3,6-7H,8-9H2,1H3,(H2,22,23,26,27)/t14-,23-;21-;2*20-;19-/m00111/s1. The second-order valence-corrected chi connectivity index (χ2v) is 40.6. The van der Waals surface area contributed by atoms with Crippen molar-refractivity contribution in [3.8, 4) is 88.0 Å². The average molecular weight is 2160 g/mol. The fourth-order valence-corrected chi connectivity index (χ4v) is 20.8. The number of methoxy groups -OCH3 is 5. The van der Waals surface area contributed by atoms with Crippen molar-refractivity contribution in [2.24, 2.45) is 11.5 Å². The summed E-state index contributed by atoms with van der Waals surface area (Å²) >= 11 is 15.0. The number of aliphatic hydroxyl groups is 1. The summed E-state index contributed by atoms with van der Waals surface area (Å²) in [7, 11) is 9.50. The number of nitrogens with zero attached hydrogens (tertiary/aromatic N) is 5. The van der Waals surface area contributed by atoms with Gasteiger partial charge in [0.25, 0.3) is 59.1 Å². The van der Waals surface area contributed by atoms with E-state index in [1.807, 2.05) is 73.3 Å². The summed E-state index contributed by atoms with van der Waals surface area (Å²) in [5.41, 5.74) is 13.6. The molecule has 5 saturated heterocycles. The number of fused-ring (bicyclic) bond motifs is 5. The molecular formula is C103H90BrClN18O21S4. The van der Waals surface area contributed by atoms with E-state index in [2.05, 4.69) is 134 Å². The van der Waals surface area contributed by atoms with Gasteiger partial charge in [-0.15, -0.1) is 45.3 Å². The second-order valence-electron chi connectivity index (χ2n) is 34.6. The van der Waals surface area contributed by atoms with Gasteiger partial charge < -0.3 is 96.7 Å². The Kier molecular flexibility index (Phi) is 30.9. The summed E-state index contributed by atoms with van der Waals surface area (Å²) in [5, 5.41) is 40.6. The van der Waals surface area contributed by atoms with E-state index in [-0.39, 0.29) is 74.9 Å². The number of hydrogen-bond acceptors (Lipinski definition) is 28. The molecule has 0 aliphatic carbocycles. The van der Waals surface area contributed by atoms with E-state index in [1.54, 1.807) is 108 Å². The SMILES string of the molecule is CNCc1cc(C#C[C@@]2(CN3Cc4ccc(OC)cc4C3=O)NC(=O)NC2=O)cs1.COc1ccc2c(c1)C(=O)N(C[C@@]1(C#Cc3cc(Cl)c(Br)s3)NC(=O)NC1=O)C2.COc1ccc2c(c1)C(=O)N(C[C@@]1(C#Cc3ccc(CO)s3)NC(=O)NC1=O)C2.COc1ccc2c(c1)C(=O)N(C[C@@]1(C#Cc3csc(CN)c3)NC(=O)NC1=O)C2.COc1ccc2c(c1)C(=O)N(C[C@]1(C#Cc3ccc([C@H](C)N)cc3)NC(=O)NC1=O)C2. The van der Waals surface area contributed by atoms with Crippen LogP contribution in [-0.4, -0.2) is 222 Å². The Bertz CT molecular complexity index is 7360. The van der Waals surface area contributed by atoms with Crippen LogP contribution in [0.2, 0.25) is 5.02 Å². The highest BCUT2D eigenvalue weighted by atomic mass is 79.9. The zero-order chi connectivity index (χ0) is 105. The first kappa shape index (κ1) is 104. The lowest BCUT2D eigenvalue weighted by atomic mass is 9.98. The molecule has 756 valence electrons. The van der Waals surface area contributed by atoms with Crippen LogP contribution in [0.15, 0.2) is 160 Å². The van der Waals surface area contributed by atoms with E-state index in [0.29, 0.717) is 122 Å². The normalized spacial score (nSPS) is 20.1. The van der Waals surface area contributed by atoms with Crippen LogP contribution in [0.25, 0.3) is 0 Å². The molecule has 0 unspecified atom stereocenters. The van der Waals surface area contributed by atoms with Gasteiger partial charge in [0.1, 0.15) is 28.7 Å². The smallest absolute Gasteiger partial charge is 0.323 e. The van der Waals surface area contributed by atoms with E-state index in [1.165, 1.54) is 94.1 Å². The molecule has 10 aliphatic rings. The average Bonchev–Trinajstić information content (AvgIpc) is 1.63. The van der Waals surface area contributed by atoms with Gasteiger partial charge in [0.05, 0.1) is 93.4 Å². The van der Waals surface area contributed by atoms with E-state index < -0.39 is 87.4 Å².